The minimum Gasteiger partial charge on any atom is -0.338 e. The summed E-state index contributed by atoms with van der Waals surface area (Å²) in [5, 5.41) is 7.88. The average molecular weight is 361 g/mol. The molecule has 7 heteroatoms. The van der Waals surface area contributed by atoms with Gasteiger partial charge < -0.3 is 14.8 Å². The van der Waals surface area contributed by atoms with E-state index in [0.29, 0.717) is 48.0 Å². The molecule has 0 spiro atoms. The molecule has 2 aromatic heterocycles. The van der Waals surface area contributed by atoms with E-state index in [-0.39, 0.29) is 5.56 Å². The second-order valence-electron chi connectivity index (χ2n) is 6.28. The van der Waals surface area contributed by atoms with Crippen molar-refractivity contribution in [2.45, 2.75) is 19.9 Å². The van der Waals surface area contributed by atoms with E-state index in [4.69, 9.17) is 4.52 Å². The number of benzene rings is 2. The lowest BCUT2D eigenvalue weighted by Crippen LogP contribution is -2.20. The lowest BCUT2D eigenvalue weighted by atomic mass is 10.1. The van der Waals surface area contributed by atoms with Crippen molar-refractivity contribution in [3.8, 4) is 11.4 Å². The summed E-state index contributed by atoms with van der Waals surface area (Å²) in [4.78, 5) is 23.8. The highest BCUT2D eigenvalue weighted by molar-refractivity contribution is 5.77. The number of nitrogens with one attached hydrogen (secondary N) is 2. The fourth-order valence-corrected chi connectivity index (χ4v) is 2.92. The van der Waals surface area contributed by atoms with Gasteiger partial charge in [-0.2, -0.15) is 4.98 Å². The molecule has 0 bridgehead atoms. The number of nitrogens with zero attached hydrogens (tertiary/aromatic N) is 3. The number of hydrogen-bond donors (Lipinski definition) is 2. The first-order chi connectivity index (χ1) is 13.2. The lowest BCUT2D eigenvalue weighted by molar-refractivity contribution is 0.368. The average Bonchev–Trinajstić information content (AvgIpc) is 3.14. The van der Waals surface area contributed by atoms with Crippen molar-refractivity contribution in [1.29, 1.82) is 0 Å². The SMILES string of the molecule is Cc1ccccc1-c1noc(CNCCc2nc3ccccc3c(=O)[nH]2)n1. The topological polar surface area (TPSA) is 96.7 Å². The molecule has 4 rings (SSSR count). The van der Waals surface area contributed by atoms with Gasteiger partial charge in [-0.25, -0.2) is 4.98 Å². The van der Waals surface area contributed by atoms with Crippen LogP contribution in [-0.4, -0.2) is 26.7 Å². The van der Waals surface area contributed by atoms with Crippen molar-refractivity contribution >= 4 is 10.9 Å². The number of aryl methyl sites for hydroxylation is 1. The van der Waals surface area contributed by atoms with E-state index in [1.165, 1.54) is 0 Å². The molecular formula is C20H19N5O2. The molecule has 7 nitrogen and oxygen atoms in total. The summed E-state index contributed by atoms with van der Waals surface area (Å²) in [5.41, 5.74) is 2.65. The van der Waals surface area contributed by atoms with Crippen molar-refractivity contribution in [2.75, 3.05) is 6.54 Å². The van der Waals surface area contributed by atoms with E-state index in [0.717, 1.165) is 11.1 Å². The highest BCUT2D eigenvalue weighted by atomic mass is 16.5. The zero-order valence-electron chi connectivity index (χ0n) is 14.9. The number of hydrogen-bond acceptors (Lipinski definition) is 6. The zero-order chi connectivity index (χ0) is 18.6. The molecule has 2 heterocycles. The molecule has 0 fully saturated rings. The van der Waals surface area contributed by atoms with Crippen LogP contribution < -0.4 is 10.9 Å². The second kappa shape index (κ2) is 7.51. The fourth-order valence-electron chi connectivity index (χ4n) is 2.92. The first-order valence-corrected chi connectivity index (χ1v) is 8.78. The van der Waals surface area contributed by atoms with Crippen molar-refractivity contribution in [3.63, 3.8) is 0 Å². The molecule has 0 saturated heterocycles. The van der Waals surface area contributed by atoms with Crippen molar-refractivity contribution in [3.05, 3.63) is 76.2 Å². The third-order valence-corrected chi connectivity index (χ3v) is 4.33. The van der Waals surface area contributed by atoms with Crippen LogP contribution >= 0.6 is 0 Å². The molecule has 0 saturated carbocycles. The Morgan fingerprint density at radius 2 is 1.89 bits per heavy atom. The van der Waals surface area contributed by atoms with Gasteiger partial charge in [0.25, 0.3) is 5.56 Å². The Kier molecular flexibility index (Phi) is 4.76. The molecule has 0 aliphatic heterocycles. The van der Waals surface area contributed by atoms with Gasteiger partial charge in [-0.3, -0.25) is 4.79 Å². The van der Waals surface area contributed by atoms with Crippen molar-refractivity contribution in [2.24, 2.45) is 0 Å². The Morgan fingerprint density at radius 1 is 1.07 bits per heavy atom. The van der Waals surface area contributed by atoms with Gasteiger partial charge in [0.2, 0.25) is 11.7 Å². The summed E-state index contributed by atoms with van der Waals surface area (Å²) in [6.45, 7) is 3.10. The Hall–Kier alpha value is -3.32. The highest BCUT2D eigenvalue weighted by Gasteiger charge is 2.10. The number of aromatic amines is 1. The van der Waals surface area contributed by atoms with E-state index in [9.17, 15) is 4.79 Å². The number of aromatic nitrogens is 4. The largest absolute Gasteiger partial charge is 0.338 e. The van der Waals surface area contributed by atoms with Crippen LogP contribution in [0.4, 0.5) is 0 Å². The number of para-hydroxylation sites is 1. The van der Waals surface area contributed by atoms with Crippen LogP contribution in [0.2, 0.25) is 0 Å². The quantitative estimate of drug-likeness (QED) is 0.513. The predicted octanol–water partition coefficient (Wildman–Crippen LogP) is 2.61. The van der Waals surface area contributed by atoms with Gasteiger partial charge >= 0.3 is 0 Å². The van der Waals surface area contributed by atoms with Crippen LogP contribution in [-0.2, 0) is 13.0 Å². The van der Waals surface area contributed by atoms with Crippen LogP contribution in [0, 0.1) is 6.92 Å². The Bertz CT molecular complexity index is 1130. The van der Waals surface area contributed by atoms with Gasteiger partial charge in [0, 0.05) is 18.5 Å². The molecule has 2 N–H and O–H groups in total. The summed E-state index contributed by atoms with van der Waals surface area (Å²) < 4.78 is 5.31. The third-order valence-electron chi connectivity index (χ3n) is 4.33. The zero-order valence-corrected chi connectivity index (χ0v) is 14.9. The summed E-state index contributed by atoms with van der Waals surface area (Å²) in [6, 6.07) is 15.2. The van der Waals surface area contributed by atoms with Crippen LogP contribution in [0.25, 0.3) is 22.3 Å². The smallest absolute Gasteiger partial charge is 0.258 e. The number of rotatable bonds is 6. The van der Waals surface area contributed by atoms with Crippen molar-refractivity contribution < 1.29 is 4.52 Å². The number of H-pyrrole nitrogens is 1. The molecular weight excluding hydrogens is 342 g/mol. The predicted molar refractivity (Wildman–Crippen MR) is 102 cm³/mol. The molecule has 2 aromatic carbocycles. The van der Waals surface area contributed by atoms with E-state index < -0.39 is 0 Å². The van der Waals surface area contributed by atoms with E-state index >= 15 is 0 Å². The first-order valence-electron chi connectivity index (χ1n) is 8.78. The monoisotopic (exact) mass is 361 g/mol. The van der Waals surface area contributed by atoms with Crippen LogP contribution in [0.3, 0.4) is 0 Å². The van der Waals surface area contributed by atoms with Crippen LogP contribution in [0.1, 0.15) is 17.3 Å². The molecule has 27 heavy (non-hydrogen) atoms. The van der Waals surface area contributed by atoms with Gasteiger partial charge in [-0.1, -0.05) is 41.6 Å². The van der Waals surface area contributed by atoms with Crippen LogP contribution in [0.5, 0.6) is 0 Å². The van der Waals surface area contributed by atoms with Crippen LogP contribution in [0.15, 0.2) is 57.8 Å². The number of fused-ring (bicyclic) bond motifs is 1. The molecule has 0 aliphatic carbocycles. The molecule has 0 atom stereocenters. The molecule has 0 aliphatic rings. The fraction of sp³-hybridized carbons (Fsp3) is 0.200. The molecule has 136 valence electrons. The normalized spacial score (nSPS) is 11.1. The maximum absolute atomic E-state index is 12.1. The molecule has 0 unspecified atom stereocenters. The first kappa shape index (κ1) is 17.1. The summed E-state index contributed by atoms with van der Waals surface area (Å²) in [5.74, 6) is 1.76. The van der Waals surface area contributed by atoms with Gasteiger partial charge in [0.1, 0.15) is 5.82 Å². The van der Waals surface area contributed by atoms with E-state index in [2.05, 4.69) is 25.4 Å². The van der Waals surface area contributed by atoms with Gasteiger partial charge in [-0.05, 0) is 24.6 Å². The van der Waals surface area contributed by atoms with E-state index in [1.807, 2.05) is 49.4 Å². The second-order valence-corrected chi connectivity index (χ2v) is 6.28. The summed E-state index contributed by atoms with van der Waals surface area (Å²) in [6.07, 6.45) is 0.596. The van der Waals surface area contributed by atoms with E-state index in [1.54, 1.807) is 6.07 Å². The van der Waals surface area contributed by atoms with Gasteiger partial charge in [-0.15, -0.1) is 0 Å². The van der Waals surface area contributed by atoms with Gasteiger partial charge in [0.05, 0.1) is 17.4 Å². The maximum Gasteiger partial charge on any atom is 0.258 e. The summed E-state index contributed by atoms with van der Waals surface area (Å²) >= 11 is 0. The standard InChI is InChI=1S/C20H19N5O2/c1-13-6-2-3-7-14(13)19-24-18(27-25-19)12-21-11-10-17-22-16-9-5-4-8-15(16)20(26)23-17/h2-9,21H,10-12H2,1H3,(H,22,23,26). The Balaban J connectivity index is 1.36. The minimum absolute atomic E-state index is 0.115. The lowest BCUT2D eigenvalue weighted by Gasteiger charge is -2.03. The summed E-state index contributed by atoms with van der Waals surface area (Å²) in [7, 11) is 0. The molecule has 4 aromatic rings. The Labute approximate surface area is 155 Å². The third kappa shape index (κ3) is 3.78. The van der Waals surface area contributed by atoms with Gasteiger partial charge in [0.15, 0.2) is 0 Å². The minimum atomic E-state index is -0.115. The highest BCUT2D eigenvalue weighted by Crippen LogP contribution is 2.19. The molecule has 0 amide bonds. The Morgan fingerprint density at radius 3 is 2.78 bits per heavy atom. The van der Waals surface area contributed by atoms with Crippen molar-refractivity contribution in [1.82, 2.24) is 25.4 Å². The maximum atomic E-state index is 12.1. The molecule has 0 radical (unpaired) electrons.